The van der Waals surface area contributed by atoms with Gasteiger partial charge in [-0.15, -0.1) is 0 Å². The molecule has 1 aliphatic rings. The zero-order valence-electron chi connectivity index (χ0n) is 10.6. The van der Waals surface area contributed by atoms with Crippen LogP contribution < -0.4 is 5.32 Å². The van der Waals surface area contributed by atoms with Crippen LogP contribution >= 0.6 is 11.6 Å². The van der Waals surface area contributed by atoms with Crippen LogP contribution in [0.25, 0.3) is 0 Å². The molecule has 1 aromatic carbocycles. The molecule has 0 amide bonds. The van der Waals surface area contributed by atoms with Crippen molar-refractivity contribution in [1.82, 2.24) is 0 Å². The molecule has 2 rings (SSSR count). The standard InChI is InChI=1S/C14H19ClFN/c1-9-7-14(2,3)8-13(9)17-12-6-10(15)4-5-11(12)16/h4-6,9,13,17H,7-8H2,1-3H3. The number of benzene rings is 1. The fraction of sp³-hybridized carbons (Fsp3) is 0.571. The van der Waals surface area contributed by atoms with Crippen molar-refractivity contribution in [2.75, 3.05) is 5.32 Å². The average molecular weight is 256 g/mol. The Hall–Kier alpha value is -0.760. The van der Waals surface area contributed by atoms with E-state index in [4.69, 9.17) is 11.6 Å². The SMILES string of the molecule is CC1CC(C)(C)CC1Nc1cc(Cl)ccc1F. The largest absolute Gasteiger partial charge is 0.380 e. The summed E-state index contributed by atoms with van der Waals surface area (Å²) in [7, 11) is 0. The molecule has 1 N–H and O–H groups in total. The highest BCUT2D eigenvalue weighted by atomic mass is 35.5. The summed E-state index contributed by atoms with van der Waals surface area (Å²) in [6, 6.07) is 4.98. The van der Waals surface area contributed by atoms with Gasteiger partial charge >= 0.3 is 0 Å². The molecular formula is C14H19ClFN. The highest BCUT2D eigenvalue weighted by Gasteiger charge is 2.36. The molecule has 1 saturated carbocycles. The predicted molar refractivity (Wildman–Crippen MR) is 71.0 cm³/mol. The summed E-state index contributed by atoms with van der Waals surface area (Å²) in [5, 5.41) is 3.86. The highest BCUT2D eigenvalue weighted by molar-refractivity contribution is 6.30. The van der Waals surface area contributed by atoms with Crippen molar-refractivity contribution in [2.24, 2.45) is 11.3 Å². The lowest BCUT2D eigenvalue weighted by atomic mass is 9.91. The minimum absolute atomic E-state index is 0.230. The first-order valence-corrected chi connectivity index (χ1v) is 6.47. The van der Waals surface area contributed by atoms with Gasteiger partial charge in [0.25, 0.3) is 0 Å². The fourth-order valence-electron chi connectivity index (χ4n) is 2.89. The summed E-state index contributed by atoms with van der Waals surface area (Å²) in [4.78, 5) is 0. The van der Waals surface area contributed by atoms with Crippen LogP contribution in [0.4, 0.5) is 10.1 Å². The van der Waals surface area contributed by atoms with Crippen molar-refractivity contribution >= 4 is 17.3 Å². The van der Waals surface area contributed by atoms with Gasteiger partial charge < -0.3 is 5.32 Å². The lowest BCUT2D eigenvalue weighted by molar-refractivity contribution is 0.366. The summed E-state index contributed by atoms with van der Waals surface area (Å²) in [5.41, 5.74) is 0.860. The first-order valence-electron chi connectivity index (χ1n) is 6.09. The van der Waals surface area contributed by atoms with E-state index in [1.807, 2.05) is 0 Å². The van der Waals surface area contributed by atoms with Gasteiger partial charge in [-0.25, -0.2) is 4.39 Å². The fourth-order valence-corrected chi connectivity index (χ4v) is 3.07. The molecule has 17 heavy (non-hydrogen) atoms. The molecule has 2 unspecified atom stereocenters. The van der Waals surface area contributed by atoms with E-state index in [9.17, 15) is 4.39 Å². The quantitative estimate of drug-likeness (QED) is 0.807. The summed E-state index contributed by atoms with van der Waals surface area (Å²) in [6.45, 7) is 6.74. The molecule has 1 nitrogen and oxygen atoms in total. The zero-order chi connectivity index (χ0) is 12.6. The van der Waals surface area contributed by atoms with Crippen LogP contribution in [0.1, 0.15) is 33.6 Å². The third-order valence-corrected chi connectivity index (χ3v) is 3.84. The summed E-state index contributed by atoms with van der Waals surface area (Å²) < 4.78 is 13.6. The molecule has 0 radical (unpaired) electrons. The first-order chi connectivity index (χ1) is 7.87. The van der Waals surface area contributed by atoms with Gasteiger partial charge in [0.1, 0.15) is 5.82 Å². The Balaban J connectivity index is 2.14. The van der Waals surface area contributed by atoms with Crippen LogP contribution in [0.5, 0.6) is 0 Å². The molecule has 0 aromatic heterocycles. The molecule has 2 atom stereocenters. The Morgan fingerprint density at radius 1 is 1.35 bits per heavy atom. The van der Waals surface area contributed by atoms with Crippen LogP contribution in [0, 0.1) is 17.2 Å². The number of hydrogen-bond donors (Lipinski definition) is 1. The van der Waals surface area contributed by atoms with E-state index in [0.29, 0.717) is 28.1 Å². The molecular weight excluding hydrogens is 237 g/mol. The van der Waals surface area contributed by atoms with E-state index < -0.39 is 0 Å². The third-order valence-electron chi connectivity index (χ3n) is 3.60. The van der Waals surface area contributed by atoms with E-state index in [1.165, 1.54) is 12.5 Å². The molecule has 0 bridgehead atoms. The number of halogens is 2. The third kappa shape index (κ3) is 2.92. The Kier molecular flexibility index (Phi) is 3.35. The predicted octanol–water partition coefficient (Wildman–Crippen LogP) is 4.72. The van der Waals surface area contributed by atoms with Gasteiger partial charge in [-0.2, -0.15) is 0 Å². The zero-order valence-corrected chi connectivity index (χ0v) is 11.3. The Bertz CT molecular complexity index is 417. The van der Waals surface area contributed by atoms with Gasteiger partial charge in [0.15, 0.2) is 0 Å². The molecule has 94 valence electrons. The van der Waals surface area contributed by atoms with Gasteiger partial charge in [-0.1, -0.05) is 32.4 Å². The lowest BCUT2D eigenvalue weighted by Crippen LogP contribution is -2.23. The van der Waals surface area contributed by atoms with Crippen LogP contribution in [-0.2, 0) is 0 Å². The molecule has 1 aromatic rings. The van der Waals surface area contributed by atoms with E-state index in [1.54, 1.807) is 12.1 Å². The molecule has 1 aliphatic carbocycles. The molecule has 1 fully saturated rings. The molecule has 0 heterocycles. The monoisotopic (exact) mass is 255 g/mol. The molecule has 0 aliphatic heterocycles. The van der Waals surface area contributed by atoms with Gasteiger partial charge in [-0.3, -0.25) is 0 Å². The topological polar surface area (TPSA) is 12.0 Å². The Morgan fingerprint density at radius 3 is 2.65 bits per heavy atom. The minimum Gasteiger partial charge on any atom is -0.380 e. The maximum absolute atomic E-state index is 13.6. The van der Waals surface area contributed by atoms with E-state index in [0.717, 1.165) is 6.42 Å². The van der Waals surface area contributed by atoms with Crippen molar-refractivity contribution in [3.05, 3.63) is 29.0 Å². The lowest BCUT2D eigenvalue weighted by Gasteiger charge is -2.20. The molecule has 3 heteroatoms. The van der Waals surface area contributed by atoms with Crippen LogP contribution in [-0.4, -0.2) is 6.04 Å². The Morgan fingerprint density at radius 2 is 2.06 bits per heavy atom. The second-order valence-electron chi connectivity index (χ2n) is 5.92. The maximum Gasteiger partial charge on any atom is 0.146 e. The summed E-state index contributed by atoms with van der Waals surface area (Å²) in [5.74, 6) is 0.328. The number of anilines is 1. The van der Waals surface area contributed by atoms with E-state index in [-0.39, 0.29) is 5.82 Å². The normalized spacial score (nSPS) is 27.1. The van der Waals surface area contributed by atoms with Crippen molar-refractivity contribution in [3.8, 4) is 0 Å². The van der Waals surface area contributed by atoms with E-state index in [2.05, 4.69) is 26.1 Å². The molecule has 0 spiro atoms. The summed E-state index contributed by atoms with van der Waals surface area (Å²) in [6.07, 6.45) is 2.24. The smallest absolute Gasteiger partial charge is 0.146 e. The van der Waals surface area contributed by atoms with Crippen LogP contribution in [0.2, 0.25) is 5.02 Å². The Labute approximate surface area is 107 Å². The van der Waals surface area contributed by atoms with Crippen molar-refractivity contribution in [3.63, 3.8) is 0 Å². The van der Waals surface area contributed by atoms with Gasteiger partial charge in [0.2, 0.25) is 0 Å². The van der Waals surface area contributed by atoms with Crippen LogP contribution in [0.3, 0.4) is 0 Å². The average Bonchev–Trinajstić information content (AvgIpc) is 2.46. The van der Waals surface area contributed by atoms with Gasteiger partial charge in [0.05, 0.1) is 5.69 Å². The van der Waals surface area contributed by atoms with Gasteiger partial charge in [0, 0.05) is 11.1 Å². The number of hydrogen-bond acceptors (Lipinski definition) is 1. The number of nitrogens with one attached hydrogen (secondary N) is 1. The highest BCUT2D eigenvalue weighted by Crippen LogP contribution is 2.42. The first kappa shape index (κ1) is 12.7. The number of rotatable bonds is 2. The molecule has 0 saturated heterocycles. The second kappa shape index (κ2) is 4.49. The van der Waals surface area contributed by atoms with Gasteiger partial charge in [-0.05, 0) is 42.4 Å². The van der Waals surface area contributed by atoms with Crippen LogP contribution in [0.15, 0.2) is 18.2 Å². The minimum atomic E-state index is -0.230. The second-order valence-corrected chi connectivity index (χ2v) is 6.36. The summed E-state index contributed by atoms with van der Waals surface area (Å²) >= 11 is 5.89. The van der Waals surface area contributed by atoms with Crippen molar-refractivity contribution in [1.29, 1.82) is 0 Å². The van der Waals surface area contributed by atoms with E-state index >= 15 is 0 Å². The van der Waals surface area contributed by atoms with Crippen molar-refractivity contribution in [2.45, 2.75) is 39.7 Å². The maximum atomic E-state index is 13.6. The van der Waals surface area contributed by atoms with Crippen molar-refractivity contribution < 1.29 is 4.39 Å².